The van der Waals surface area contributed by atoms with Gasteiger partial charge in [-0.2, -0.15) is 0 Å². The van der Waals surface area contributed by atoms with Crippen molar-refractivity contribution in [1.29, 1.82) is 0 Å². The summed E-state index contributed by atoms with van der Waals surface area (Å²) in [4.78, 5) is 42.9. The van der Waals surface area contributed by atoms with Gasteiger partial charge in [-0.25, -0.2) is 14.6 Å². The number of carbonyl (C=O) groups excluding carboxylic acids is 1. The molecule has 11 heteroatoms. The van der Waals surface area contributed by atoms with Crippen LogP contribution in [0.3, 0.4) is 0 Å². The Morgan fingerprint density at radius 2 is 1.67 bits per heavy atom. The summed E-state index contributed by atoms with van der Waals surface area (Å²) in [6.45, 7) is 13.2. The van der Waals surface area contributed by atoms with Gasteiger partial charge in [-0.05, 0) is 43.5 Å². The Labute approximate surface area is 251 Å². The molecule has 10 nitrogen and oxygen atoms in total. The monoisotopic (exact) mass is 598 g/mol. The van der Waals surface area contributed by atoms with Crippen molar-refractivity contribution in [2.24, 2.45) is 0 Å². The first-order chi connectivity index (χ1) is 20.2. The van der Waals surface area contributed by atoms with E-state index in [0.717, 1.165) is 74.4 Å². The third-order valence-corrected chi connectivity index (χ3v) is 8.03. The fourth-order valence-corrected chi connectivity index (χ4v) is 5.68. The SMILES string of the molecule is CCCCOc1nc2ccc(N(C(=O)CC)C(C)CN3CCN(CCc4ccccc4)CC3)cc2s1.O=C(O)C(=O)O. The molecule has 1 aliphatic rings. The van der Waals surface area contributed by atoms with Gasteiger partial charge in [0, 0.05) is 57.4 Å². The van der Waals surface area contributed by atoms with Gasteiger partial charge in [0.25, 0.3) is 5.19 Å². The largest absolute Gasteiger partial charge is 0.473 e. The highest BCUT2D eigenvalue weighted by atomic mass is 32.1. The number of aromatic nitrogens is 1. The van der Waals surface area contributed by atoms with Gasteiger partial charge < -0.3 is 24.7 Å². The van der Waals surface area contributed by atoms with Crippen LogP contribution in [0, 0.1) is 0 Å². The maximum atomic E-state index is 13.0. The number of benzene rings is 2. The Kier molecular flexibility index (Phi) is 13.2. The Morgan fingerprint density at radius 1 is 1.00 bits per heavy atom. The van der Waals surface area contributed by atoms with Crippen molar-refractivity contribution in [2.45, 2.75) is 52.5 Å². The molecule has 0 aliphatic carbocycles. The van der Waals surface area contributed by atoms with Crippen LogP contribution in [0.1, 0.15) is 45.6 Å². The smallest absolute Gasteiger partial charge is 0.414 e. The van der Waals surface area contributed by atoms with Gasteiger partial charge in [0.1, 0.15) is 0 Å². The number of fused-ring (bicyclic) bond motifs is 1. The highest BCUT2D eigenvalue weighted by Crippen LogP contribution is 2.32. The van der Waals surface area contributed by atoms with E-state index >= 15 is 0 Å². The lowest BCUT2D eigenvalue weighted by atomic mass is 10.1. The minimum Gasteiger partial charge on any atom is -0.473 e. The number of anilines is 1. The van der Waals surface area contributed by atoms with Gasteiger partial charge in [-0.3, -0.25) is 9.69 Å². The van der Waals surface area contributed by atoms with Crippen molar-refractivity contribution in [3.63, 3.8) is 0 Å². The lowest BCUT2D eigenvalue weighted by Crippen LogP contribution is -2.52. The number of piperazine rings is 1. The van der Waals surface area contributed by atoms with E-state index in [4.69, 9.17) is 24.5 Å². The molecule has 2 aromatic carbocycles. The van der Waals surface area contributed by atoms with E-state index in [1.165, 1.54) is 5.56 Å². The standard InChI is InChI=1S/C29H40N4O2S.C2H2O4/c1-4-6-20-35-29-30-26-13-12-25(21-27(26)36-29)33(28(34)5-2)23(3)22-32-18-16-31(17-19-32)15-14-24-10-8-7-9-11-24;3-1(4)2(5)6/h7-13,21,23H,4-6,14-20,22H2,1-3H3;(H,3,4)(H,5,6). The van der Waals surface area contributed by atoms with Crippen LogP contribution < -0.4 is 9.64 Å². The van der Waals surface area contributed by atoms with Crippen LogP contribution in [0.25, 0.3) is 10.2 Å². The van der Waals surface area contributed by atoms with E-state index in [0.29, 0.717) is 18.2 Å². The summed E-state index contributed by atoms with van der Waals surface area (Å²) < 4.78 is 6.88. The number of ether oxygens (including phenoxy) is 1. The number of aliphatic carboxylic acids is 2. The van der Waals surface area contributed by atoms with Gasteiger partial charge in [0.05, 0.1) is 16.8 Å². The molecule has 1 aromatic heterocycles. The quantitative estimate of drug-likeness (QED) is 0.227. The fraction of sp³-hybridized carbons (Fsp3) is 0.484. The fourth-order valence-electron chi connectivity index (χ4n) is 4.80. The van der Waals surface area contributed by atoms with Crippen LogP contribution in [-0.2, 0) is 20.8 Å². The average Bonchev–Trinajstić information content (AvgIpc) is 3.40. The lowest BCUT2D eigenvalue weighted by molar-refractivity contribution is -0.159. The number of unbranched alkanes of at least 4 members (excludes halogenated alkanes) is 1. The molecule has 2 N–H and O–H groups in total. The summed E-state index contributed by atoms with van der Waals surface area (Å²) in [5.74, 6) is -3.49. The van der Waals surface area contributed by atoms with Crippen molar-refractivity contribution >= 4 is 45.1 Å². The second-order valence-corrected chi connectivity index (χ2v) is 11.3. The van der Waals surface area contributed by atoms with E-state index in [9.17, 15) is 4.79 Å². The van der Waals surface area contributed by atoms with Crippen molar-refractivity contribution in [1.82, 2.24) is 14.8 Å². The predicted octanol–water partition coefficient (Wildman–Crippen LogP) is 4.62. The molecule has 1 atom stereocenters. The molecule has 1 fully saturated rings. The molecule has 0 saturated carbocycles. The molecule has 1 aliphatic heterocycles. The molecule has 3 aromatic rings. The number of thiazole rings is 1. The number of rotatable bonds is 12. The van der Waals surface area contributed by atoms with Crippen LogP contribution >= 0.6 is 11.3 Å². The number of carboxylic acids is 2. The molecule has 228 valence electrons. The summed E-state index contributed by atoms with van der Waals surface area (Å²) in [7, 11) is 0. The minimum atomic E-state index is -1.82. The summed E-state index contributed by atoms with van der Waals surface area (Å²) in [5, 5.41) is 15.5. The number of carbonyl (C=O) groups is 3. The molecule has 4 rings (SSSR count). The van der Waals surface area contributed by atoms with Crippen molar-refractivity contribution in [2.75, 3.05) is 50.8 Å². The molecule has 1 unspecified atom stereocenters. The van der Waals surface area contributed by atoms with E-state index in [1.54, 1.807) is 11.3 Å². The van der Waals surface area contributed by atoms with Gasteiger partial charge in [-0.15, -0.1) is 0 Å². The number of hydrogen-bond donors (Lipinski definition) is 2. The number of carboxylic acid groups (broad SMARTS) is 2. The van der Waals surface area contributed by atoms with E-state index in [1.807, 2.05) is 24.0 Å². The van der Waals surface area contributed by atoms with E-state index in [-0.39, 0.29) is 11.9 Å². The normalized spacial score (nSPS) is 14.5. The molecule has 0 spiro atoms. The topological polar surface area (TPSA) is 124 Å². The van der Waals surface area contributed by atoms with Crippen molar-refractivity contribution < 1.29 is 29.3 Å². The Balaban J connectivity index is 0.000000730. The first kappa shape index (κ1) is 33.0. The van der Waals surface area contributed by atoms with Gasteiger partial charge in [0.2, 0.25) is 5.91 Å². The predicted molar refractivity (Wildman–Crippen MR) is 166 cm³/mol. The van der Waals surface area contributed by atoms with Crippen LogP contribution in [0.2, 0.25) is 0 Å². The van der Waals surface area contributed by atoms with Crippen molar-refractivity contribution in [3.05, 3.63) is 54.1 Å². The molecule has 1 amide bonds. The number of amides is 1. The highest BCUT2D eigenvalue weighted by Gasteiger charge is 2.25. The third-order valence-electron chi connectivity index (χ3n) is 7.10. The van der Waals surface area contributed by atoms with Gasteiger partial charge in [0.15, 0.2) is 0 Å². The summed E-state index contributed by atoms with van der Waals surface area (Å²) >= 11 is 1.56. The van der Waals surface area contributed by atoms with Crippen LogP contribution in [0.15, 0.2) is 48.5 Å². The second-order valence-electron chi connectivity index (χ2n) is 10.3. The molecule has 0 bridgehead atoms. The minimum absolute atomic E-state index is 0.0963. The van der Waals surface area contributed by atoms with Gasteiger partial charge in [-0.1, -0.05) is 61.9 Å². The Bertz CT molecular complexity index is 1280. The third kappa shape index (κ3) is 10.1. The molecule has 1 saturated heterocycles. The molecule has 0 radical (unpaired) electrons. The summed E-state index contributed by atoms with van der Waals surface area (Å²) in [6, 6.07) is 17.0. The molecule has 2 heterocycles. The van der Waals surface area contributed by atoms with E-state index in [2.05, 4.69) is 65.0 Å². The first-order valence-corrected chi connectivity index (χ1v) is 15.3. The summed E-state index contributed by atoms with van der Waals surface area (Å²) in [5.41, 5.74) is 3.28. The lowest BCUT2D eigenvalue weighted by Gasteiger charge is -2.38. The Hall–Kier alpha value is -3.54. The van der Waals surface area contributed by atoms with Gasteiger partial charge >= 0.3 is 11.9 Å². The molecular formula is C31H42N4O6S. The Morgan fingerprint density at radius 3 is 2.29 bits per heavy atom. The second kappa shape index (κ2) is 16.8. The molecular weight excluding hydrogens is 556 g/mol. The first-order valence-electron chi connectivity index (χ1n) is 14.5. The van der Waals surface area contributed by atoms with E-state index < -0.39 is 11.9 Å². The zero-order valence-corrected chi connectivity index (χ0v) is 25.5. The highest BCUT2D eigenvalue weighted by molar-refractivity contribution is 7.20. The summed E-state index contributed by atoms with van der Waals surface area (Å²) in [6.07, 6.45) is 3.72. The average molecular weight is 599 g/mol. The molecule has 42 heavy (non-hydrogen) atoms. The maximum Gasteiger partial charge on any atom is 0.414 e. The number of nitrogens with zero attached hydrogens (tertiary/aromatic N) is 4. The zero-order chi connectivity index (χ0) is 30.5. The maximum absolute atomic E-state index is 13.0. The van der Waals surface area contributed by atoms with Crippen molar-refractivity contribution in [3.8, 4) is 5.19 Å². The van der Waals surface area contributed by atoms with Crippen LogP contribution in [0.4, 0.5) is 5.69 Å². The number of hydrogen-bond acceptors (Lipinski definition) is 8. The van der Waals surface area contributed by atoms with Crippen LogP contribution in [0.5, 0.6) is 5.19 Å². The zero-order valence-electron chi connectivity index (χ0n) is 24.7. The van der Waals surface area contributed by atoms with Crippen LogP contribution in [-0.4, -0.2) is 94.8 Å².